The van der Waals surface area contributed by atoms with Crippen molar-refractivity contribution in [2.24, 2.45) is 11.8 Å². The van der Waals surface area contributed by atoms with Crippen LogP contribution in [0.5, 0.6) is 5.75 Å². The third-order valence-electron chi connectivity index (χ3n) is 6.26. The molecular weight excluding hydrogens is 831 g/mol. The van der Waals surface area contributed by atoms with E-state index in [1.807, 2.05) is 0 Å². The van der Waals surface area contributed by atoms with Gasteiger partial charge in [-0.25, -0.2) is 22.8 Å². The average molecular weight is 860 g/mol. The minimum atomic E-state index is -2.43. The summed E-state index contributed by atoms with van der Waals surface area (Å²) >= 11 is 0. The fourth-order valence-corrected chi connectivity index (χ4v) is 3.54. The van der Waals surface area contributed by atoms with E-state index in [9.17, 15) is 69.9 Å². The number of hydrogen-bond donors (Lipinski definition) is 2. The van der Waals surface area contributed by atoms with E-state index in [1.54, 1.807) is 6.92 Å². The molecule has 2 unspecified atom stereocenters. The minimum absolute atomic E-state index is 0. The molecule has 19 heteroatoms. The average Bonchev–Trinajstić information content (AvgIpc) is 3.42. The Balaban J connectivity index is 0. The van der Waals surface area contributed by atoms with Crippen molar-refractivity contribution in [1.29, 1.82) is 0 Å². The van der Waals surface area contributed by atoms with Gasteiger partial charge in [0.1, 0.15) is 11.7 Å². The smallest absolute Gasteiger partial charge is 0.331 e. The number of carboxylic acids is 2. The number of hydrogen-bond acceptors (Lipinski definition) is 11. The Bertz CT molecular complexity index is 1790. The largest absolute Gasteiger partial charge is 0.478 e. The maximum Gasteiger partial charge on any atom is 0.331 e. The maximum atomic E-state index is 13.3. The topological polar surface area (TPSA) is 220 Å². The Kier molecular flexibility index (Phi) is 20.8. The van der Waals surface area contributed by atoms with Crippen LogP contribution in [-0.4, -0.2) is 68.6 Å². The molecule has 2 aliphatic rings. The van der Waals surface area contributed by atoms with Crippen molar-refractivity contribution in [3.05, 3.63) is 75.7 Å². The number of aliphatic carboxylic acids is 2. The van der Waals surface area contributed by atoms with Crippen LogP contribution < -0.4 is 4.74 Å². The van der Waals surface area contributed by atoms with Crippen molar-refractivity contribution >= 4 is 58.4 Å². The molecule has 13 nitrogen and oxygen atoms in total. The van der Waals surface area contributed by atoms with Crippen molar-refractivity contribution < 1.29 is 134 Å². The van der Waals surface area contributed by atoms with Crippen LogP contribution in [0.15, 0.2) is 46.6 Å². The van der Waals surface area contributed by atoms with Crippen LogP contribution in [0, 0.1) is 89.8 Å². The summed E-state index contributed by atoms with van der Waals surface area (Å²) in [7, 11) is 0. The summed E-state index contributed by atoms with van der Waals surface area (Å²) in [5, 5.41) is 16.3. The van der Waals surface area contributed by atoms with Crippen molar-refractivity contribution in [2.75, 3.05) is 0 Å². The standard InChI is InChI=1S/C13H5F5O4.C8H8O3.2C6H8O3.Xe/c1-3-2-4(19)5(11(3)20)13(21)22-12-9(17)7(15)6(14)8(16)10(12)18;1-4-3-6(10)7(5(2)9)8(4)11;1-4(5(2)7)3-6(8)9;1-4(6(8)9)3-5(2)7;/h2,5H,1H3;3,7H,1-2H3;2*3H,1-2H3,(H,8,9);/b;;2*4-3-;. The van der Waals surface area contributed by atoms with Crippen LogP contribution >= 0.6 is 0 Å². The summed E-state index contributed by atoms with van der Waals surface area (Å²) < 4.78 is 69.5. The predicted octanol–water partition coefficient (Wildman–Crippen LogP) is 3.50. The zero-order valence-corrected chi connectivity index (χ0v) is 30.1. The van der Waals surface area contributed by atoms with Gasteiger partial charge in [0.25, 0.3) is 0 Å². The summed E-state index contributed by atoms with van der Waals surface area (Å²) in [4.78, 5) is 108. The predicted molar refractivity (Wildman–Crippen MR) is 161 cm³/mol. The third kappa shape index (κ3) is 14.3. The molecule has 52 heavy (non-hydrogen) atoms. The first-order valence-corrected chi connectivity index (χ1v) is 13.9. The molecular formula is C33H29F5O13Xe. The SMILES string of the molecule is CC(=O)/C(C)=C\C(=O)O.CC(=O)/C=C(/C)C(=O)O.CC(=O)C1C(=O)C=C(C)C1=O.CC1=CC(=O)C(C(=O)Oc2c(F)c(F)c(F)c(F)c2F)C1=O.[Xe]. The van der Waals surface area contributed by atoms with Gasteiger partial charge in [-0.3, -0.25) is 38.4 Å². The number of ether oxygens (including phenoxy) is 1. The fourth-order valence-electron chi connectivity index (χ4n) is 3.54. The molecule has 0 fully saturated rings. The summed E-state index contributed by atoms with van der Waals surface area (Å²) in [5.74, 6) is -24.1. The van der Waals surface area contributed by atoms with Gasteiger partial charge >= 0.3 is 17.9 Å². The van der Waals surface area contributed by atoms with Crippen LogP contribution in [0.25, 0.3) is 0 Å². The molecule has 0 heterocycles. The molecule has 3 rings (SSSR count). The van der Waals surface area contributed by atoms with Gasteiger partial charge in [0.15, 0.2) is 40.6 Å². The first kappa shape index (κ1) is 49.6. The van der Waals surface area contributed by atoms with E-state index in [4.69, 9.17) is 10.2 Å². The number of carbonyl (C=O) groups excluding carboxylic acids is 8. The van der Waals surface area contributed by atoms with Gasteiger partial charge in [-0.1, -0.05) is 0 Å². The molecule has 0 amide bonds. The van der Waals surface area contributed by atoms with E-state index in [2.05, 4.69) is 4.74 Å². The Labute approximate surface area is 331 Å². The van der Waals surface area contributed by atoms with Crippen molar-refractivity contribution in [2.45, 2.75) is 48.5 Å². The zero-order chi connectivity index (χ0) is 40.2. The molecule has 1 aromatic carbocycles. The van der Waals surface area contributed by atoms with Crippen LogP contribution in [-0.2, 0) is 47.9 Å². The first-order valence-electron chi connectivity index (χ1n) is 13.9. The van der Waals surface area contributed by atoms with Crippen molar-refractivity contribution in [3.8, 4) is 5.75 Å². The Morgan fingerprint density at radius 1 is 0.635 bits per heavy atom. The molecule has 0 aliphatic heterocycles. The molecule has 2 aliphatic carbocycles. The van der Waals surface area contributed by atoms with Crippen LogP contribution in [0.4, 0.5) is 22.0 Å². The van der Waals surface area contributed by atoms with E-state index in [1.165, 1.54) is 47.6 Å². The van der Waals surface area contributed by atoms with Gasteiger partial charge in [0, 0.05) is 60.5 Å². The van der Waals surface area contributed by atoms with Crippen molar-refractivity contribution in [3.63, 3.8) is 0 Å². The van der Waals surface area contributed by atoms with Gasteiger partial charge < -0.3 is 14.9 Å². The number of rotatable bonds is 7. The molecule has 0 saturated heterocycles. The van der Waals surface area contributed by atoms with Gasteiger partial charge in [0.2, 0.25) is 34.8 Å². The molecule has 0 spiro atoms. The van der Waals surface area contributed by atoms with Gasteiger partial charge in [-0.2, -0.15) is 8.78 Å². The molecule has 282 valence electrons. The van der Waals surface area contributed by atoms with Gasteiger partial charge in [-0.05, 0) is 83.4 Å². The van der Waals surface area contributed by atoms with Gasteiger partial charge in [0.05, 0.1) is 0 Å². The summed E-state index contributed by atoms with van der Waals surface area (Å²) in [6.07, 6.45) is 4.02. The van der Waals surface area contributed by atoms with Crippen LogP contribution in [0.1, 0.15) is 48.5 Å². The number of ketones is 7. The second-order valence-corrected chi connectivity index (χ2v) is 10.4. The zero-order valence-electron chi connectivity index (χ0n) is 28.1. The molecule has 0 saturated carbocycles. The fraction of sp³-hybridized carbons (Fsp3) is 0.273. The van der Waals surface area contributed by atoms with Crippen LogP contribution in [0.2, 0.25) is 0 Å². The van der Waals surface area contributed by atoms with Gasteiger partial charge in [-0.15, -0.1) is 0 Å². The molecule has 0 radical (unpaired) electrons. The Hall–Kier alpha value is -4.50. The number of carbonyl (C=O) groups is 10. The Morgan fingerprint density at radius 3 is 1.25 bits per heavy atom. The van der Waals surface area contributed by atoms with E-state index in [0.717, 1.165) is 18.2 Å². The monoisotopic (exact) mass is 860 g/mol. The molecule has 0 bridgehead atoms. The Morgan fingerprint density at radius 2 is 1.02 bits per heavy atom. The molecule has 2 N–H and O–H groups in total. The molecule has 2 atom stereocenters. The summed E-state index contributed by atoms with van der Waals surface area (Å²) in [6, 6.07) is 0. The number of halogens is 5. The molecule has 1 aromatic rings. The van der Waals surface area contributed by atoms with E-state index < -0.39 is 76.1 Å². The number of Topliss-reactive ketones (excluding diaryl/α,β-unsaturated/α-hetero) is 4. The van der Waals surface area contributed by atoms with E-state index in [-0.39, 0.29) is 94.5 Å². The number of allylic oxidation sites excluding steroid dienone is 6. The van der Waals surface area contributed by atoms with E-state index >= 15 is 0 Å². The number of esters is 1. The third-order valence-corrected chi connectivity index (χ3v) is 6.26. The number of benzene rings is 1. The second-order valence-electron chi connectivity index (χ2n) is 10.4. The van der Waals surface area contributed by atoms with Crippen LogP contribution in [0.3, 0.4) is 0 Å². The van der Waals surface area contributed by atoms with Crippen molar-refractivity contribution in [1.82, 2.24) is 0 Å². The number of carboxylic acid groups (broad SMARTS) is 2. The normalized spacial score (nSPS) is 16.4. The minimum Gasteiger partial charge on any atom is -0.478 e. The maximum absolute atomic E-state index is 13.3. The summed E-state index contributed by atoms with van der Waals surface area (Å²) in [6.45, 7) is 9.50. The quantitative estimate of drug-likeness (QED) is 0.0764. The molecule has 0 aromatic heterocycles. The summed E-state index contributed by atoms with van der Waals surface area (Å²) in [5.41, 5.74) is 0.629. The van der Waals surface area contributed by atoms with E-state index in [0.29, 0.717) is 5.57 Å². The first-order chi connectivity index (χ1) is 23.3. The second kappa shape index (κ2) is 21.8.